The van der Waals surface area contributed by atoms with E-state index in [0.29, 0.717) is 11.6 Å². The minimum Gasteiger partial charge on any atom is -0.481 e. The van der Waals surface area contributed by atoms with Crippen LogP contribution in [0.2, 0.25) is 0 Å². The molecule has 1 aliphatic carbocycles. The number of nitrogens with zero attached hydrogens (tertiary/aromatic N) is 2. The predicted octanol–water partition coefficient (Wildman–Crippen LogP) is 2.59. The van der Waals surface area contributed by atoms with Gasteiger partial charge in [0, 0.05) is 36.4 Å². The second kappa shape index (κ2) is 6.32. The molecule has 1 spiro atoms. The average molecular weight is 289 g/mol. The Balaban J connectivity index is 1.78. The van der Waals surface area contributed by atoms with Crippen LogP contribution in [0, 0.1) is 0 Å². The maximum absolute atomic E-state index is 5.42. The van der Waals surface area contributed by atoms with E-state index in [4.69, 9.17) is 4.74 Å². The van der Waals surface area contributed by atoms with Gasteiger partial charge in [0.25, 0.3) is 0 Å². The molecular formula is C17H27N3O. The zero-order chi connectivity index (χ0) is 14.7. The number of hydrogen-bond acceptors (Lipinski definition) is 4. The SMILES string of the molecule is COc1ncccc1CN1CC2(CCCC2)NCCC1C. The number of pyridine rings is 1. The summed E-state index contributed by atoms with van der Waals surface area (Å²) in [5.74, 6) is 0.766. The summed E-state index contributed by atoms with van der Waals surface area (Å²) in [5.41, 5.74) is 1.54. The van der Waals surface area contributed by atoms with Crippen molar-refractivity contribution in [3.05, 3.63) is 23.9 Å². The molecule has 4 nitrogen and oxygen atoms in total. The number of hydrogen-bond donors (Lipinski definition) is 1. The van der Waals surface area contributed by atoms with E-state index in [9.17, 15) is 0 Å². The topological polar surface area (TPSA) is 37.4 Å². The minimum atomic E-state index is 0.347. The largest absolute Gasteiger partial charge is 0.481 e. The van der Waals surface area contributed by atoms with Crippen molar-refractivity contribution in [1.82, 2.24) is 15.2 Å². The summed E-state index contributed by atoms with van der Waals surface area (Å²) in [6.45, 7) is 5.56. The van der Waals surface area contributed by atoms with E-state index >= 15 is 0 Å². The van der Waals surface area contributed by atoms with Gasteiger partial charge in [0.2, 0.25) is 5.88 Å². The van der Waals surface area contributed by atoms with Crippen LogP contribution < -0.4 is 10.1 Å². The monoisotopic (exact) mass is 289 g/mol. The molecule has 1 N–H and O–H groups in total. The zero-order valence-electron chi connectivity index (χ0n) is 13.3. The van der Waals surface area contributed by atoms with Gasteiger partial charge in [0.15, 0.2) is 0 Å². The van der Waals surface area contributed by atoms with Crippen molar-refractivity contribution in [2.75, 3.05) is 20.2 Å². The number of nitrogens with one attached hydrogen (secondary N) is 1. The van der Waals surface area contributed by atoms with Crippen LogP contribution in [0.1, 0.15) is 44.6 Å². The van der Waals surface area contributed by atoms with Crippen LogP contribution in [0.15, 0.2) is 18.3 Å². The molecule has 1 aromatic heterocycles. The summed E-state index contributed by atoms with van der Waals surface area (Å²) in [4.78, 5) is 6.95. The molecule has 21 heavy (non-hydrogen) atoms. The van der Waals surface area contributed by atoms with Gasteiger partial charge in [-0.25, -0.2) is 4.98 Å². The lowest BCUT2D eigenvalue weighted by Crippen LogP contribution is -2.50. The van der Waals surface area contributed by atoms with E-state index in [1.807, 2.05) is 6.07 Å². The highest BCUT2D eigenvalue weighted by atomic mass is 16.5. The number of rotatable bonds is 3. The normalized spacial score (nSPS) is 25.9. The molecule has 0 radical (unpaired) electrons. The quantitative estimate of drug-likeness (QED) is 0.928. The molecule has 2 fully saturated rings. The van der Waals surface area contributed by atoms with E-state index in [1.54, 1.807) is 13.3 Å². The van der Waals surface area contributed by atoms with Crippen molar-refractivity contribution < 1.29 is 4.74 Å². The van der Waals surface area contributed by atoms with E-state index in [0.717, 1.165) is 25.5 Å². The molecule has 116 valence electrons. The fourth-order valence-corrected chi connectivity index (χ4v) is 3.87. The Morgan fingerprint density at radius 3 is 3.00 bits per heavy atom. The summed E-state index contributed by atoms with van der Waals surface area (Å²) in [5, 5.41) is 3.84. The lowest BCUT2D eigenvalue weighted by molar-refractivity contribution is 0.158. The van der Waals surface area contributed by atoms with Crippen LogP contribution in [0.25, 0.3) is 0 Å². The van der Waals surface area contributed by atoms with Gasteiger partial charge < -0.3 is 10.1 Å². The third-order valence-corrected chi connectivity index (χ3v) is 5.17. The molecule has 1 aliphatic heterocycles. The number of aromatic nitrogens is 1. The fraction of sp³-hybridized carbons (Fsp3) is 0.706. The standard InChI is InChI=1S/C17H27N3O/c1-14-7-11-19-17(8-3-4-9-17)13-20(14)12-15-6-5-10-18-16(15)21-2/h5-6,10,14,19H,3-4,7-9,11-13H2,1-2H3. The lowest BCUT2D eigenvalue weighted by atomic mass is 9.97. The Labute approximate surface area is 127 Å². The van der Waals surface area contributed by atoms with E-state index < -0.39 is 0 Å². The summed E-state index contributed by atoms with van der Waals surface area (Å²) < 4.78 is 5.42. The first-order chi connectivity index (χ1) is 10.2. The molecular weight excluding hydrogens is 262 g/mol. The molecule has 1 unspecified atom stereocenters. The molecule has 2 heterocycles. The molecule has 1 saturated heterocycles. The molecule has 0 aromatic carbocycles. The first kappa shape index (κ1) is 14.8. The van der Waals surface area contributed by atoms with E-state index in [1.165, 1.54) is 37.7 Å². The number of methoxy groups -OCH3 is 1. The van der Waals surface area contributed by atoms with Crippen molar-refractivity contribution >= 4 is 0 Å². The van der Waals surface area contributed by atoms with Crippen molar-refractivity contribution in [3.63, 3.8) is 0 Å². The third kappa shape index (κ3) is 3.22. The Morgan fingerprint density at radius 1 is 1.43 bits per heavy atom. The van der Waals surface area contributed by atoms with Gasteiger partial charge in [-0.1, -0.05) is 18.9 Å². The zero-order valence-corrected chi connectivity index (χ0v) is 13.3. The van der Waals surface area contributed by atoms with Crippen molar-refractivity contribution in [3.8, 4) is 5.88 Å². The van der Waals surface area contributed by atoms with Gasteiger partial charge >= 0.3 is 0 Å². The fourth-order valence-electron chi connectivity index (χ4n) is 3.87. The molecule has 1 aromatic rings. The van der Waals surface area contributed by atoms with Gasteiger partial charge in [-0.05, 0) is 38.8 Å². The maximum Gasteiger partial charge on any atom is 0.217 e. The van der Waals surface area contributed by atoms with Crippen LogP contribution in [-0.2, 0) is 6.54 Å². The Kier molecular flexibility index (Phi) is 4.45. The van der Waals surface area contributed by atoms with Crippen LogP contribution >= 0.6 is 0 Å². The van der Waals surface area contributed by atoms with Crippen LogP contribution in [-0.4, -0.2) is 41.7 Å². The lowest BCUT2D eigenvalue weighted by Gasteiger charge is -2.35. The summed E-state index contributed by atoms with van der Waals surface area (Å²) in [6.07, 6.45) is 8.39. The Morgan fingerprint density at radius 2 is 2.24 bits per heavy atom. The smallest absolute Gasteiger partial charge is 0.217 e. The van der Waals surface area contributed by atoms with Crippen LogP contribution in [0.4, 0.5) is 0 Å². The van der Waals surface area contributed by atoms with Gasteiger partial charge in [-0.2, -0.15) is 0 Å². The van der Waals surface area contributed by atoms with E-state index in [2.05, 4.69) is 28.2 Å². The summed E-state index contributed by atoms with van der Waals surface area (Å²) in [7, 11) is 1.71. The Hall–Kier alpha value is -1.13. The van der Waals surface area contributed by atoms with E-state index in [-0.39, 0.29) is 0 Å². The van der Waals surface area contributed by atoms with Gasteiger partial charge in [0.1, 0.15) is 0 Å². The van der Waals surface area contributed by atoms with Crippen molar-refractivity contribution in [2.24, 2.45) is 0 Å². The van der Waals surface area contributed by atoms with Gasteiger partial charge in [-0.3, -0.25) is 4.90 Å². The van der Waals surface area contributed by atoms with Gasteiger partial charge in [0.05, 0.1) is 7.11 Å². The molecule has 3 rings (SSSR count). The highest BCUT2D eigenvalue weighted by Crippen LogP contribution is 2.33. The maximum atomic E-state index is 5.42. The third-order valence-electron chi connectivity index (χ3n) is 5.17. The average Bonchev–Trinajstić information content (AvgIpc) is 2.89. The molecule has 1 saturated carbocycles. The molecule has 2 aliphatic rings. The highest BCUT2D eigenvalue weighted by Gasteiger charge is 2.38. The first-order valence-electron chi connectivity index (χ1n) is 8.19. The molecule has 4 heteroatoms. The second-order valence-electron chi connectivity index (χ2n) is 6.63. The summed E-state index contributed by atoms with van der Waals surface area (Å²) >= 11 is 0. The Bertz CT molecular complexity index is 471. The second-order valence-corrected chi connectivity index (χ2v) is 6.63. The molecule has 0 amide bonds. The first-order valence-corrected chi connectivity index (χ1v) is 8.19. The molecule has 0 bridgehead atoms. The van der Waals surface area contributed by atoms with Crippen LogP contribution in [0.5, 0.6) is 5.88 Å². The van der Waals surface area contributed by atoms with Gasteiger partial charge in [-0.15, -0.1) is 0 Å². The van der Waals surface area contributed by atoms with Crippen LogP contribution in [0.3, 0.4) is 0 Å². The van der Waals surface area contributed by atoms with Crippen molar-refractivity contribution in [2.45, 2.75) is 57.2 Å². The minimum absolute atomic E-state index is 0.347. The predicted molar refractivity (Wildman–Crippen MR) is 84.5 cm³/mol. The highest BCUT2D eigenvalue weighted by molar-refractivity contribution is 5.25. The molecule has 1 atom stereocenters. The van der Waals surface area contributed by atoms with Crippen molar-refractivity contribution in [1.29, 1.82) is 0 Å². The summed E-state index contributed by atoms with van der Waals surface area (Å²) in [6, 6.07) is 4.74. The number of ether oxygens (including phenoxy) is 1.